The number of allylic oxidation sites excluding steroid dienone is 2. The molecule has 8 nitrogen and oxygen atoms in total. The second-order valence-electron chi connectivity index (χ2n) is 7.10. The number of likely N-dealkylation sites (N-methyl/N-ethyl adjacent to an activating group) is 1. The highest BCUT2D eigenvalue weighted by atomic mass is 16.5. The molecule has 136 valence electrons. The van der Waals surface area contributed by atoms with E-state index < -0.39 is 0 Å². The number of imidazole rings is 1. The van der Waals surface area contributed by atoms with E-state index in [0.29, 0.717) is 30.5 Å². The van der Waals surface area contributed by atoms with Crippen molar-refractivity contribution in [2.75, 3.05) is 21.1 Å². The number of hydrogen-bond acceptors (Lipinski definition) is 6. The molecule has 2 aliphatic rings. The zero-order chi connectivity index (χ0) is 18.4. The minimum Gasteiger partial charge on any atom is -0.337 e. The Morgan fingerprint density at radius 3 is 2.92 bits per heavy atom. The van der Waals surface area contributed by atoms with Gasteiger partial charge in [0.25, 0.3) is 5.91 Å². The molecule has 0 spiro atoms. The van der Waals surface area contributed by atoms with Gasteiger partial charge in [-0.25, -0.2) is 4.98 Å². The van der Waals surface area contributed by atoms with Gasteiger partial charge in [0, 0.05) is 7.05 Å². The predicted molar refractivity (Wildman–Crippen MR) is 95.6 cm³/mol. The maximum Gasteiger partial charge on any atom is 0.256 e. The van der Waals surface area contributed by atoms with Crippen molar-refractivity contribution in [2.24, 2.45) is 0 Å². The van der Waals surface area contributed by atoms with E-state index in [-0.39, 0.29) is 5.91 Å². The van der Waals surface area contributed by atoms with Crippen molar-refractivity contribution in [3.8, 4) is 11.5 Å². The zero-order valence-corrected chi connectivity index (χ0v) is 15.5. The first kappa shape index (κ1) is 16.7. The van der Waals surface area contributed by atoms with Crippen LogP contribution in [0.2, 0.25) is 0 Å². The molecule has 2 aromatic rings. The quantitative estimate of drug-likeness (QED) is 0.838. The summed E-state index contributed by atoms with van der Waals surface area (Å²) in [7, 11) is 5.70. The number of carbonyl (C=O) groups is 1. The smallest absolute Gasteiger partial charge is 0.256 e. The van der Waals surface area contributed by atoms with Crippen LogP contribution in [0.4, 0.5) is 0 Å². The number of nitrogens with zero attached hydrogens (tertiary/aromatic N) is 6. The SMILES string of the molecule is CC1=C2C(=O)N(C)Cc3c(-c4noc(CN(C)C)n4)ncn3C2=CCC1. The normalized spacial score (nSPS) is 17.3. The first-order valence-electron chi connectivity index (χ1n) is 8.65. The van der Waals surface area contributed by atoms with Crippen molar-refractivity contribution in [3.05, 3.63) is 35.1 Å². The highest BCUT2D eigenvalue weighted by Crippen LogP contribution is 2.35. The van der Waals surface area contributed by atoms with Gasteiger partial charge in [-0.3, -0.25) is 4.79 Å². The highest BCUT2D eigenvalue weighted by molar-refractivity contribution is 6.07. The number of hydrogen-bond donors (Lipinski definition) is 0. The second-order valence-corrected chi connectivity index (χ2v) is 7.10. The summed E-state index contributed by atoms with van der Waals surface area (Å²) in [5.41, 5.74) is 4.37. The minimum atomic E-state index is 0.0458. The van der Waals surface area contributed by atoms with Crippen molar-refractivity contribution >= 4 is 11.6 Å². The third-order valence-corrected chi connectivity index (χ3v) is 4.74. The Morgan fingerprint density at radius 1 is 1.35 bits per heavy atom. The Hall–Kier alpha value is -2.74. The molecular weight excluding hydrogens is 332 g/mol. The summed E-state index contributed by atoms with van der Waals surface area (Å²) in [5, 5.41) is 4.09. The van der Waals surface area contributed by atoms with E-state index >= 15 is 0 Å². The van der Waals surface area contributed by atoms with Crippen LogP contribution < -0.4 is 0 Å². The first-order chi connectivity index (χ1) is 12.5. The van der Waals surface area contributed by atoms with Gasteiger partial charge in [-0.1, -0.05) is 16.8 Å². The fourth-order valence-corrected chi connectivity index (χ4v) is 3.47. The van der Waals surface area contributed by atoms with Gasteiger partial charge in [0.15, 0.2) is 0 Å². The van der Waals surface area contributed by atoms with Gasteiger partial charge in [-0.15, -0.1) is 0 Å². The van der Waals surface area contributed by atoms with Crippen LogP contribution in [0.15, 0.2) is 28.1 Å². The molecule has 3 heterocycles. The van der Waals surface area contributed by atoms with Gasteiger partial charge in [-0.05, 0) is 33.9 Å². The molecule has 8 heteroatoms. The molecule has 0 atom stereocenters. The topological polar surface area (TPSA) is 80.3 Å². The molecule has 0 aromatic carbocycles. The van der Waals surface area contributed by atoms with E-state index in [2.05, 4.69) is 21.2 Å². The minimum absolute atomic E-state index is 0.0458. The van der Waals surface area contributed by atoms with Crippen molar-refractivity contribution in [1.29, 1.82) is 0 Å². The summed E-state index contributed by atoms with van der Waals surface area (Å²) in [6.45, 7) is 3.04. The second kappa shape index (κ2) is 6.21. The lowest BCUT2D eigenvalue weighted by atomic mass is 9.95. The van der Waals surface area contributed by atoms with E-state index in [1.54, 1.807) is 11.2 Å². The van der Waals surface area contributed by atoms with Gasteiger partial charge >= 0.3 is 0 Å². The zero-order valence-electron chi connectivity index (χ0n) is 15.5. The number of amides is 1. The molecule has 26 heavy (non-hydrogen) atoms. The molecule has 0 radical (unpaired) electrons. The molecule has 4 rings (SSSR count). The van der Waals surface area contributed by atoms with Crippen LogP contribution >= 0.6 is 0 Å². The van der Waals surface area contributed by atoms with Crippen molar-refractivity contribution in [1.82, 2.24) is 29.5 Å². The lowest BCUT2D eigenvalue weighted by Crippen LogP contribution is -2.27. The standard InChI is InChI=1S/C18H22N6O2/c1-11-6-5-7-12-15(11)18(25)23(4)8-13-16(19-10-24(12)13)17-20-14(26-21-17)9-22(2)3/h7,10H,5-6,8-9H2,1-4H3. The molecule has 0 unspecified atom stereocenters. The van der Waals surface area contributed by atoms with Crippen LogP contribution in [0.5, 0.6) is 0 Å². The van der Waals surface area contributed by atoms with Crippen LogP contribution in [0, 0.1) is 0 Å². The summed E-state index contributed by atoms with van der Waals surface area (Å²) in [5.74, 6) is 1.04. The van der Waals surface area contributed by atoms with Gasteiger partial charge in [-0.2, -0.15) is 4.98 Å². The summed E-state index contributed by atoms with van der Waals surface area (Å²) in [6, 6.07) is 0. The van der Waals surface area contributed by atoms with Gasteiger partial charge in [0.05, 0.1) is 30.1 Å². The molecule has 0 saturated heterocycles. The predicted octanol–water partition coefficient (Wildman–Crippen LogP) is 1.92. The lowest BCUT2D eigenvalue weighted by molar-refractivity contribution is -0.125. The Labute approximate surface area is 151 Å². The highest BCUT2D eigenvalue weighted by Gasteiger charge is 2.32. The van der Waals surface area contributed by atoms with Crippen LogP contribution in [-0.4, -0.2) is 56.5 Å². The molecular formula is C18H22N6O2. The van der Waals surface area contributed by atoms with Crippen molar-refractivity contribution < 1.29 is 9.32 Å². The van der Waals surface area contributed by atoms with Crippen molar-refractivity contribution in [3.63, 3.8) is 0 Å². The van der Waals surface area contributed by atoms with E-state index in [0.717, 1.165) is 35.4 Å². The average molecular weight is 354 g/mol. The van der Waals surface area contributed by atoms with Gasteiger partial charge < -0.3 is 18.9 Å². The van der Waals surface area contributed by atoms with Crippen LogP contribution in [0.3, 0.4) is 0 Å². The third-order valence-electron chi connectivity index (χ3n) is 4.74. The van der Waals surface area contributed by atoms with Crippen molar-refractivity contribution in [2.45, 2.75) is 32.9 Å². The Bertz CT molecular complexity index is 933. The summed E-state index contributed by atoms with van der Waals surface area (Å²) < 4.78 is 7.33. The largest absolute Gasteiger partial charge is 0.337 e. The summed E-state index contributed by atoms with van der Waals surface area (Å²) in [4.78, 5) is 25.6. The van der Waals surface area contributed by atoms with E-state index in [9.17, 15) is 4.79 Å². The molecule has 1 aliphatic carbocycles. The fourth-order valence-electron chi connectivity index (χ4n) is 3.47. The van der Waals surface area contributed by atoms with Crippen LogP contribution in [0.25, 0.3) is 17.2 Å². The molecule has 0 bridgehead atoms. The Kier molecular flexibility index (Phi) is 3.99. The lowest BCUT2D eigenvalue weighted by Gasteiger charge is -2.20. The first-order valence-corrected chi connectivity index (χ1v) is 8.65. The summed E-state index contributed by atoms with van der Waals surface area (Å²) in [6.07, 6.45) is 5.70. The number of rotatable bonds is 3. The number of aromatic nitrogens is 4. The third kappa shape index (κ3) is 2.66. The fraction of sp³-hybridized carbons (Fsp3) is 0.444. The molecule has 0 N–H and O–H groups in total. The van der Waals surface area contributed by atoms with Crippen LogP contribution in [0.1, 0.15) is 31.4 Å². The molecule has 2 aromatic heterocycles. The van der Waals surface area contributed by atoms with E-state index in [1.807, 2.05) is 37.5 Å². The molecule has 1 aliphatic heterocycles. The number of carbonyl (C=O) groups excluding carboxylic acids is 1. The van der Waals surface area contributed by atoms with Crippen LogP contribution in [-0.2, 0) is 17.9 Å². The monoisotopic (exact) mass is 354 g/mol. The van der Waals surface area contributed by atoms with E-state index in [1.165, 1.54) is 0 Å². The van der Waals surface area contributed by atoms with Gasteiger partial charge in [0.2, 0.25) is 11.7 Å². The molecule has 1 amide bonds. The maximum atomic E-state index is 12.9. The molecule has 0 saturated carbocycles. The van der Waals surface area contributed by atoms with Gasteiger partial charge in [0.1, 0.15) is 12.0 Å². The molecule has 0 fully saturated rings. The number of fused-ring (bicyclic) bond motifs is 3. The average Bonchev–Trinajstić information content (AvgIpc) is 3.17. The maximum absolute atomic E-state index is 12.9. The van der Waals surface area contributed by atoms with E-state index in [4.69, 9.17) is 4.52 Å². The summed E-state index contributed by atoms with van der Waals surface area (Å²) >= 11 is 0. The Balaban J connectivity index is 1.81. The Morgan fingerprint density at radius 2 is 2.15 bits per heavy atom.